The van der Waals surface area contributed by atoms with Gasteiger partial charge < -0.3 is 10.6 Å². The second-order valence-electron chi connectivity index (χ2n) is 3.48. The number of aliphatic imine (C=N–C) groups is 1. The number of rotatable bonds is 1. The van der Waals surface area contributed by atoms with Gasteiger partial charge in [0.1, 0.15) is 0 Å². The maximum Gasteiger partial charge on any atom is 0.416 e. The molecule has 0 saturated carbocycles. The summed E-state index contributed by atoms with van der Waals surface area (Å²) in [5.74, 6) is 0.436. The zero-order valence-corrected chi connectivity index (χ0v) is 9.36. The van der Waals surface area contributed by atoms with Gasteiger partial charge >= 0.3 is 6.18 Å². The van der Waals surface area contributed by atoms with Crippen LogP contribution in [0.5, 0.6) is 0 Å². The highest BCUT2D eigenvalue weighted by atomic mass is 35.5. The van der Waals surface area contributed by atoms with Crippen molar-refractivity contribution in [3.05, 3.63) is 28.8 Å². The molecule has 92 valence electrons. The van der Waals surface area contributed by atoms with Gasteiger partial charge in [-0.15, -0.1) is 0 Å². The molecule has 1 saturated heterocycles. The van der Waals surface area contributed by atoms with E-state index in [0.717, 1.165) is 12.1 Å². The topological polar surface area (TPSA) is 36.4 Å². The summed E-state index contributed by atoms with van der Waals surface area (Å²) in [6.07, 6.45) is -4.39. The zero-order chi connectivity index (χ0) is 12.5. The van der Waals surface area contributed by atoms with Gasteiger partial charge in [-0.3, -0.25) is 0 Å². The van der Waals surface area contributed by atoms with Crippen LogP contribution in [0.15, 0.2) is 23.2 Å². The maximum atomic E-state index is 12.5. The van der Waals surface area contributed by atoms with Crippen LogP contribution in [-0.2, 0) is 6.18 Å². The van der Waals surface area contributed by atoms with Crippen molar-refractivity contribution in [3.8, 4) is 0 Å². The van der Waals surface area contributed by atoms with Gasteiger partial charge in [-0.25, -0.2) is 4.99 Å². The third kappa shape index (κ3) is 2.82. The summed E-state index contributed by atoms with van der Waals surface area (Å²) in [6.45, 7) is 1.38. The first-order valence-corrected chi connectivity index (χ1v) is 5.28. The van der Waals surface area contributed by atoms with Gasteiger partial charge in [0.05, 0.1) is 16.3 Å². The van der Waals surface area contributed by atoms with E-state index >= 15 is 0 Å². The number of benzene rings is 1. The van der Waals surface area contributed by atoms with Crippen LogP contribution < -0.4 is 10.6 Å². The Kier molecular flexibility index (Phi) is 3.15. The molecule has 1 heterocycles. The summed E-state index contributed by atoms with van der Waals surface area (Å²) < 4.78 is 37.5. The number of hydrogen-bond acceptors (Lipinski definition) is 1. The van der Waals surface area contributed by atoms with Gasteiger partial charge in [0.15, 0.2) is 5.96 Å². The number of alkyl halides is 3. The summed E-state index contributed by atoms with van der Waals surface area (Å²) in [4.78, 5) is 3.99. The quantitative estimate of drug-likeness (QED) is 0.817. The molecule has 0 spiro atoms. The van der Waals surface area contributed by atoms with Crippen LogP contribution >= 0.6 is 11.6 Å². The number of halogens is 4. The Hall–Kier alpha value is -1.43. The first-order valence-electron chi connectivity index (χ1n) is 4.90. The molecular formula is C10H9ClF3N3. The highest BCUT2D eigenvalue weighted by Gasteiger charge is 2.31. The number of hydrogen-bond donors (Lipinski definition) is 2. The SMILES string of the molecule is FC(F)(F)c1ccc(Cl)c(N=C2NCCN2)c1. The molecule has 1 aliphatic rings. The molecule has 0 aromatic heterocycles. The molecule has 2 N–H and O–H groups in total. The van der Waals surface area contributed by atoms with Crippen LogP contribution in [0.2, 0.25) is 5.02 Å². The normalized spacial score (nSPS) is 15.4. The molecule has 0 radical (unpaired) electrons. The minimum atomic E-state index is -4.39. The molecule has 1 fully saturated rings. The van der Waals surface area contributed by atoms with Crippen LogP contribution in [0.25, 0.3) is 0 Å². The van der Waals surface area contributed by atoms with E-state index in [0.29, 0.717) is 19.0 Å². The van der Waals surface area contributed by atoms with Gasteiger partial charge in [0.25, 0.3) is 0 Å². The number of nitrogens with one attached hydrogen (secondary N) is 2. The van der Waals surface area contributed by atoms with E-state index in [1.54, 1.807) is 0 Å². The second-order valence-corrected chi connectivity index (χ2v) is 3.89. The Labute approximate surface area is 101 Å². The lowest BCUT2D eigenvalue weighted by atomic mass is 10.2. The maximum absolute atomic E-state index is 12.5. The molecule has 1 aromatic rings. The fourth-order valence-corrected chi connectivity index (χ4v) is 1.56. The van der Waals surface area contributed by atoms with Gasteiger partial charge in [0, 0.05) is 13.1 Å². The van der Waals surface area contributed by atoms with E-state index in [2.05, 4.69) is 15.6 Å². The summed E-state index contributed by atoms with van der Waals surface area (Å²) in [5, 5.41) is 5.96. The van der Waals surface area contributed by atoms with E-state index in [9.17, 15) is 13.2 Å². The molecule has 1 aliphatic heterocycles. The molecule has 2 rings (SSSR count). The number of guanidine groups is 1. The van der Waals surface area contributed by atoms with Crippen molar-refractivity contribution >= 4 is 23.2 Å². The van der Waals surface area contributed by atoms with E-state index < -0.39 is 11.7 Å². The molecule has 17 heavy (non-hydrogen) atoms. The van der Waals surface area contributed by atoms with Crippen molar-refractivity contribution in [2.75, 3.05) is 13.1 Å². The van der Waals surface area contributed by atoms with Crippen molar-refractivity contribution in [2.24, 2.45) is 4.99 Å². The summed E-state index contributed by atoms with van der Waals surface area (Å²) in [6, 6.07) is 3.05. The van der Waals surface area contributed by atoms with Crippen LogP contribution in [0.3, 0.4) is 0 Å². The average Bonchev–Trinajstić information content (AvgIpc) is 2.72. The Morgan fingerprint density at radius 2 is 1.82 bits per heavy atom. The Balaban J connectivity index is 2.36. The fourth-order valence-electron chi connectivity index (χ4n) is 1.40. The Bertz CT molecular complexity index is 449. The molecule has 7 heteroatoms. The first-order chi connectivity index (χ1) is 7.97. The van der Waals surface area contributed by atoms with Crippen molar-refractivity contribution in [2.45, 2.75) is 6.18 Å². The van der Waals surface area contributed by atoms with Crippen molar-refractivity contribution < 1.29 is 13.2 Å². The van der Waals surface area contributed by atoms with Crippen molar-refractivity contribution in [3.63, 3.8) is 0 Å². The molecule has 0 aliphatic carbocycles. The van der Waals surface area contributed by atoms with Gasteiger partial charge in [0.2, 0.25) is 0 Å². The highest BCUT2D eigenvalue weighted by Crippen LogP contribution is 2.34. The monoisotopic (exact) mass is 263 g/mol. The lowest BCUT2D eigenvalue weighted by Crippen LogP contribution is -2.23. The van der Waals surface area contributed by atoms with Crippen molar-refractivity contribution in [1.29, 1.82) is 0 Å². The molecule has 0 atom stereocenters. The fraction of sp³-hybridized carbons (Fsp3) is 0.300. The predicted octanol–water partition coefficient (Wildman–Crippen LogP) is 2.54. The average molecular weight is 264 g/mol. The van der Waals surface area contributed by atoms with Gasteiger partial charge in [-0.05, 0) is 18.2 Å². The lowest BCUT2D eigenvalue weighted by molar-refractivity contribution is -0.137. The van der Waals surface area contributed by atoms with Crippen LogP contribution in [-0.4, -0.2) is 19.0 Å². The Morgan fingerprint density at radius 1 is 1.18 bits per heavy atom. The highest BCUT2D eigenvalue weighted by molar-refractivity contribution is 6.33. The molecule has 0 amide bonds. The third-order valence-electron chi connectivity index (χ3n) is 2.22. The van der Waals surface area contributed by atoms with Gasteiger partial charge in [-0.2, -0.15) is 13.2 Å². The minimum Gasteiger partial charge on any atom is -0.354 e. The standard InChI is InChI=1S/C10H9ClF3N3/c11-7-2-1-6(10(12,13)14)5-8(7)17-9-15-3-4-16-9/h1-2,5H,3-4H2,(H2,15,16,17). The first kappa shape index (κ1) is 12.0. The largest absolute Gasteiger partial charge is 0.416 e. The summed E-state index contributed by atoms with van der Waals surface area (Å²) in [5.41, 5.74) is -0.669. The van der Waals surface area contributed by atoms with Gasteiger partial charge in [-0.1, -0.05) is 11.6 Å². The predicted molar refractivity (Wildman–Crippen MR) is 59.6 cm³/mol. The zero-order valence-electron chi connectivity index (χ0n) is 8.61. The minimum absolute atomic E-state index is 0.0957. The molecule has 3 nitrogen and oxygen atoms in total. The lowest BCUT2D eigenvalue weighted by Gasteiger charge is -2.08. The van der Waals surface area contributed by atoms with Crippen LogP contribution in [0, 0.1) is 0 Å². The van der Waals surface area contributed by atoms with E-state index in [1.165, 1.54) is 6.07 Å². The number of nitrogens with zero attached hydrogens (tertiary/aromatic N) is 1. The van der Waals surface area contributed by atoms with E-state index in [-0.39, 0.29) is 10.7 Å². The molecule has 1 aromatic carbocycles. The van der Waals surface area contributed by atoms with E-state index in [1.807, 2.05) is 0 Å². The van der Waals surface area contributed by atoms with Crippen LogP contribution in [0.1, 0.15) is 5.56 Å². The summed E-state index contributed by atoms with van der Waals surface area (Å²) >= 11 is 5.79. The van der Waals surface area contributed by atoms with E-state index in [4.69, 9.17) is 11.6 Å². The second kappa shape index (κ2) is 4.44. The van der Waals surface area contributed by atoms with Crippen LogP contribution in [0.4, 0.5) is 18.9 Å². The van der Waals surface area contributed by atoms with Crippen molar-refractivity contribution in [1.82, 2.24) is 10.6 Å². The molecule has 0 bridgehead atoms. The molecule has 0 unspecified atom stereocenters. The third-order valence-corrected chi connectivity index (χ3v) is 2.54. The Morgan fingerprint density at radius 3 is 2.41 bits per heavy atom. The smallest absolute Gasteiger partial charge is 0.354 e. The molecular weight excluding hydrogens is 255 g/mol. The summed E-state index contributed by atoms with van der Waals surface area (Å²) in [7, 11) is 0.